The molecular weight excluding hydrogens is 256 g/mol. The smallest absolute Gasteiger partial charge is 0.273 e. The Balaban J connectivity index is 1.87. The Morgan fingerprint density at radius 2 is 2.30 bits per heavy atom. The summed E-state index contributed by atoms with van der Waals surface area (Å²) in [5.41, 5.74) is 0.454. The highest BCUT2D eigenvalue weighted by Crippen LogP contribution is 2.30. The topological polar surface area (TPSA) is 72.1 Å². The molecule has 2 aromatic rings. The first-order valence-electron chi connectivity index (χ1n) is 6.78. The molecule has 1 amide bonds. The van der Waals surface area contributed by atoms with E-state index in [-0.39, 0.29) is 11.9 Å². The van der Waals surface area contributed by atoms with Gasteiger partial charge in [0.1, 0.15) is 11.7 Å². The fourth-order valence-corrected chi connectivity index (χ4v) is 2.52. The number of carbonyl (C=O) groups is 1. The van der Waals surface area contributed by atoms with Gasteiger partial charge in [0.25, 0.3) is 5.91 Å². The van der Waals surface area contributed by atoms with Gasteiger partial charge in [-0.25, -0.2) is 0 Å². The molecule has 1 fully saturated rings. The van der Waals surface area contributed by atoms with Crippen LogP contribution in [0.25, 0.3) is 0 Å². The number of piperidine rings is 1. The predicted octanol–water partition coefficient (Wildman–Crippen LogP) is 2.14. The molecule has 6 nitrogen and oxygen atoms in total. The van der Waals surface area contributed by atoms with E-state index in [1.165, 1.54) is 0 Å². The number of aromatic nitrogens is 3. The van der Waals surface area contributed by atoms with Crippen molar-refractivity contribution in [2.24, 2.45) is 0 Å². The third-order valence-corrected chi connectivity index (χ3v) is 3.48. The maximum atomic E-state index is 12.6. The summed E-state index contributed by atoms with van der Waals surface area (Å²) in [5, 5.41) is 3.82. The van der Waals surface area contributed by atoms with E-state index >= 15 is 0 Å². The van der Waals surface area contributed by atoms with Gasteiger partial charge in [0, 0.05) is 12.7 Å². The lowest BCUT2D eigenvalue weighted by Gasteiger charge is -2.33. The van der Waals surface area contributed by atoms with Crippen LogP contribution < -0.4 is 0 Å². The monoisotopic (exact) mass is 272 g/mol. The average molecular weight is 272 g/mol. The van der Waals surface area contributed by atoms with Crippen LogP contribution in [0.5, 0.6) is 0 Å². The van der Waals surface area contributed by atoms with Crippen molar-refractivity contribution in [1.82, 2.24) is 20.0 Å². The molecule has 0 aliphatic carbocycles. The summed E-state index contributed by atoms with van der Waals surface area (Å²) < 4.78 is 5.24. The minimum atomic E-state index is -0.139. The third-order valence-electron chi connectivity index (χ3n) is 3.48. The molecule has 20 heavy (non-hydrogen) atoms. The van der Waals surface area contributed by atoms with Crippen molar-refractivity contribution in [2.75, 3.05) is 6.54 Å². The second-order valence-corrected chi connectivity index (χ2v) is 4.90. The van der Waals surface area contributed by atoms with Gasteiger partial charge in [0.05, 0.1) is 0 Å². The number of aryl methyl sites for hydroxylation is 1. The number of nitrogens with zero attached hydrogens (tertiary/aromatic N) is 4. The minimum absolute atomic E-state index is 0.0776. The first-order chi connectivity index (χ1) is 9.75. The summed E-state index contributed by atoms with van der Waals surface area (Å²) in [6.45, 7) is 2.47. The molecular formula is C14H16N4O2. The lowest BCUT2D eigenvalue weighted by Crippen LogP contribution is -2.39. The van der Waals surface area contributed by atoms with Crippen molar-refractivity contribution in [3.8, 4) is 0 Å². The molecule has 1 aliphatic heterocycles. The Kier molecular flexibility index (Phi) is 3.45. The van der Waals surface area contributed by atoms with Crippen molar-refractivity contribution >= 4 is 5.91 Å². The number of hydrogen-bond donors (Lipinski definition) is 0. The Bertz CT molecular complexity index is 596. The number of likely N-dealkylation sites (tertiary alicyclic amines) is 1. The van der Waals surface area contributed by atoms with Crippen LogP contribution in [0.3, 0.4) is 0 Å². The molecule has 1 saturated heterocycles. The fraction of sp³-hybridized carbons (Fsp3) is 0.429. The molecule has 3 rings (SSSR count). The largest absolute Gasteiger partial charge is 0.337 e. The van der Waals surface area contributed by atoms with Crippen molar-refractivity contribution in [3.05, 3.63) is 41.8 Å². The molecule has 0 radical (unpaired) electrons. The number of carbonyl (C=O) groups excluding carboxylic acids is 1. The number of pyridine rings is 1. The molecule has 1 aliphatic rings. The average Bonchev–Trinajstić information content (AvgIpc) is 2.94. The predicted molar refractivity (Wildman–Crippen MR) is 70.9 cm³/mol. The first-order valence-corrected chi connectivity index (χ1v) is 6.78. The highest BCUT2D eigenvalue weighted by molar-refractivity contribution is 5.92. The van der Waals surface area contributed by atoms with Gasteiger partial charge in [-0.3, -0.25) is 9.78 Å². The van der Waals surface area contributed by atoms with Crippen molar-refractivity contribution in [3.63, 3.8) is 0 Å². The fourth-order valence-electron chi connectivity index (χ4n) is 2.52. The molecule has 6 heteroatoms. The Morgan fingerprint density at radius 1 is 1.40 bits per heavy atom. The Hall–Kier alpha value is -2.24. The molecule has 3 heterocycles. The molecule has 0 N–H and O–H groups in total. The van der Waals surface area contributed by atoms with Crippen molar-refractivity contribution in [2.45, 2.75) is 32.2 Å². The van der Waals surface area contributed by atoms with Crippen molar-refractivity contribution < 1.29 is 9.32 Å². The maximum Gasteiger partial charge on any atom is 0.273 e. The summed E-state index contributed by atoms with van der Waals surface area (Å²) in [6.07, 6.45) is 4.52. The van der Waals surface area contributed by atoms with E-state index in [2.05, 4.69) is 15.1 Å². The zero-order chi connectivity index (χ0) is 13.9. The van der Waals surface area contributed by atoms with Crippen LogP contribution >= 0.6 is 0 Å². The van der Waals surface area contributed by atoms with E-state index in [4.69, 9.17) is 4.52 Å². The summed E-state index contributed by atoms with van der Waals surface area (Å²) >= 11 is 0. The molecule has 2 aromatic heterocycles. The molecule has 0 bridgehead atoms. The summed E-state index contributed by atoms with van der Waals surface area (Å²) in [7, 11) is 0. The van der Waals surface area contributed by atoms with E-state index in [1.807, 2.05) is 6.07 Å². The van der Waals surface area contributed by atoms with Gasteiger partial charge in [0.2, 0.25) is 5.89 Å². The van der Waals surface area contributed by atoms with Gasteiger partial charge in [0.15, 0.2) is 5.82 Å². The SMILES string of the molecule is Cc1noc([C@H]2CCCCN2C(=O)c2ccccn2)n1. The van der Waals surface area contributed by atoms with Crippen LogP contribution in [0.1, 0.15) is 47.5 Å². The summed E-state index contributed by atoms with van der Waals surface area (Å²) in [5.74, 6) is 1.04. The lowest BCUT2D eigenvalue weighted by atomic mass is 10.0. The van der Waals surface area contributed by atoms with Gasteiger partial charge in [-0.15, -0.1) is 0 Å². The van der Waals surface area contributed by atoms with Crippen LogP contribution in [-0.4, -0.2) is 32.5 Å². The highest BCUT2D eigenvalue weighted by Gasteiger charge is 2.32. The van der Waals surface area contributed by atoms with Gasteiger partial charge in [-0.2, -0.15) is 4.98 Å². The van der Waals surface area contributed by atoms with E-state index in [1.54, 1.807) is 30.2 Å². The van der Waals surface area contributed by atoms with Gasteiger partial charge in [-0.05, 0) is 38.3 Å². The van der Waals surface area contributed by atoms with Crippen LogP contribution in [0.2, 0.25) is 0 Å². The normalized spacial score (nSPS) is 19.1. The Labute approximate surface area is 116 Å². The number of rotatable bonds is 2. The number of amides is 1. The molecule has 1 atom stereocenters. The first kappa shape index (κ1) is 12.8. The molecule has 0 saturated carbocycles. The summed E-state index contributed by atoms with van der Waals surface area (Å²) in [6, 6.07) is 5.20. The zero-order valence-corrected chi connectivity index (χ0v) is 11.3. The van der Waals surface area contributed by atoms with Crippen LogP contribution in [0, 0.1) is 6.92 Å². The van der Waals surface area contributed by atoms with Crippen LogP contribution in [-0.2, 0) is 0 Å². The van der Waals surface area contributed by atoms with E-state index in [0.29, 0.717) is 24.0 Å². The molecule has 0 unspecified atom stereocenters. The zero-order valence-electron chi connectivity index (χ0n) is 11.3. The van der Waals surface area contributed by atoms with Crippen molar-refractivity contribution in [1.29, 1.82) is 0 Å². The van der Waals surface area contributed by atoms with Crippen LogP contribution in [0.15, 0.2) is 28.9 Å². The standard InChI is InChI=1S/C14H16N4O2/c1-10-16-13(20-17-10)12-7-3-5-9-18(12)14(19)11-6-2-4-8-15-11/h2,4,6,8,12H,3,5,7,9H2,1H3/t12-/m1/s1. The Morgan fingerprint density at radius 3 is 3.00 bits per heavy atom. The van der Waals surface area contributed by atoms with E-state index in [0.717, 1.165) is 19.3 Å². The summed E-state index contributed by atoms with van der Waals surface area (Å²) in [4.78, 5) is 22.8. The van der Waals surface area contributed by atoms with E-state index in [9.17, 15) is 4.79 Å². The molecule has 104 valence electrons. The van der Waals surface area contributed by atoms with Gasteiger partial charge < -0.3 is 9.42 Å². The lowest BCUT2D eigenvalue weighted by molar-refractivity contribution is 0.0555. The maximum absolute atomic E-state index is 12.6. The molecule has 0 spiro atoms. The minimum Gasteiger partial charge on any atom is -0.337 e. The number of hydrogen-bond acceptors (Lipinski definition) is 5. The third kappa shape index (κ3) is 2.41. The molecule has 0 aromatic carbocycles. The van der Waals surface area contributed by atoms with Gasteiger partial charge in [-0.1, -0.05) is 11.2 Å². The highest BCUT2D eigenvalue weighted by atomic mass is 16.5. The van der Waals surface area contributed by atoms with Crippen LogP contribution in [0.4, 0.5) is 0 Å². The van der Waals surface area contributed by atoms with Gasteiger partial charge >= 0.3 is 0 Å². The quantitative estimate of drug-likeness (QED) is 0.837. The second kappa shape index (κ2) is 5.40. The van der Waals surface area contributed by atoms with E-state index < -0.39 is 0 Å². The second-order valence-electron chi connectivity index (χ2n) is 4.90.